The van der Waals surface area contributed by atoms with Crippen molar-refractivity contribution in [3.8, 4) is 12.3 Å². The van der Waals surface area contributed by atoms with Crippen LogP contribution in [-0.2, 0) is 21.4 Å². The number of benzene rings is 1. The summed E-state index contributed by atoms with van der Waals surface area (Å²) in [4.78, 5) is 15.0. The topological polar surface area (TPSA) is 93.1 Å². The Morgan fingerprint density at radius 1 is 1.35 bits per heavy atom. The van der Waals surface area contributed by atoms with Gasteiger partial charge in [0, 0.05) is 18.3 Å². The molecule has 0 saturated heterocycles. The lowest BCUT2D eigenvalue weighted by Gasteiger charge is -2.10. The minimum absolute atomic E-state index is 0.0551. The molecule has 2 N–H and O–H groups in total. The molecule has 0 fully saturated rings. The van der Waals surface area contributed by atoms with Crippen molar-refractivity contribution >= 4 is 27.6 Å². The maximum atomic E-state index is 12.4. The summed E-state index contributed by atoms with van der Waals surface area (Å²) in [5, 5.41) is 2.57. The summed E-state index contributed by atoms with van der Waals surface area (Å²) in [6.45, 7) is 3.37. The Morgan fingerprint density at radius 2 is 2.00 bits per heavy atom. The van der Waals surface area contributed by atoms with Crippen molar-refractivity contribution in [2.45, 2.75) is 25.3 Å². The number of carbonyl (C=O) groups is 1. The third-order valence-electron chi connectivity index (χ3n) is 3.02. The Labute approximate surface area is 134 Å². The first-order valence-electron chi connectivity index (χ1n) is 6.69. The van der Waals surface area contributed by atoms with E-state index in [1.807, 2.05) is 0 Å². The number of amides is 1. The highest BCUT2D eigenvalue weighted by molar-refractivity contribution is 7.92. The van der Waals surface area contributed by atoms with Gasteiger partial charge in [-0.3, -0.25) is 4.79 Å². The number of imidazole rings is 1. The molecule has 7 nitrogen and oxygen atoms in total. The van der Waals surface area contributed by atoms with Crippen LogP contribution in [0.4, 0.5) is 11.6 Å². The van der Waals surface area contributed by atoms with E-state index in [1.165, 1.54) is 37.4 Å². The molecule has 2 aromatic rings. The quantitative estimate of drug-likeness (QED) is 0.813. The van der Waals surface area contributed by atoms with Crippen LogP contribution in [0.3, 0.4) is 0 Å². The van der Waals surface area contributed by atoms with Gasteiger partial charge in [-0.1, -0.05) is 5.92 Å². The summed E-state index contributed by atoms with van der Waals surface area (Å²) >= 11 is 0. The first kappa shape index (κ1) is 16.6. The molecule has 0 spiro atoms. The van der Waals surface area contributed by atoms with E-state index in [-0.39, 0.29) is 23.3 Å². The van der Waals surface area contributed by atoms with E-state index in [4.69, 9.17) is 6.42 Å². The molecule has 0 unspecified atom stereocenters. The highest BCUT2D eigenvalue weighted by Gasteiger charge is 2.18. The summed E-state index contributed by atoms with van der Waals surface area (Å²) in [7, 11) is -3.80. The number of aryl methyl sites for hydroxylation is 1. The molecule has 1 aromatic carbocycles. The van der Waals surface area contributed by atoms with Gasteiger partial charge in [-0.15, -0.1) is 6.42 Å². The number of nitrogens with zero attached hydrogens (tertiary/aromatic N) is 2. The first-order chi connectivity index (χ1) is 10.8. The Morgan fingerprint density at radius 3 is 2.57 bits per heavy atom. The Balaban J connectivity index is 2.26. The Bertz CT molecular complexity index is 861. The molecule has 0 atom stereocenters. The standard InChI is InChI=1S/C15H16N4O3S/c1-4-9-19-11(2)10-16-15(19)18-23(21,22)14-7-5-13(6-8-14)17-12(3)20/h1,5-8,10H,9H2,2-3H3,(H,16,18)(H,17,20). The van der Waals surface area contributed by atoms with E-state index >= 15 is 0 Å². The lowest BCUT2D eigenvalue weighted by Crippen LogP contribution is -2.17. The number of anilines is 2. The number of hydrogen-bond acceptors (Lipinski definition) is 4. The zero-order valence-electron chi connectivity index (χ0n) is 12.7. The summed E-state index contributed by atoms with van der Waals surface area (Å²) in [5.74, 6) is 2.38. The number of hydrogen-bond donors (Lipinski definition) is 2. The molecule has 1 amide bonds. The molecular formula is C15H16N4O3S. The average Bonchev–Trinajstić information content (AvgIpc) is 2.80. The van der Waals surface area contributed by atoms with Crippen LogP contribution in [0.1, 0.15) is 12.6 Å². The predicted octanol–water partition coefficient (Wildman–Crippen LogP) is 1.58. The van der Waals surface area contributed by atoms with Gasteiger partial charge in [0.2, 0.25) is 11.9 Å². The SMILES string of the molecule is C#CCn1c(C)cnc1NS(=O)(=O)c1ccc(NC(C)=O)cc1. The zero-order valence-corrected chi connectivity index (χ0v) is 13.5. The van der Waals surface area contributed by atoms with E-state index < -0.39 is 10.0 Å². The van der Waals surface area contributed by atoms with E-state index in [1.54, 1.807) is 11.5 Å². The van der Waals surface area contributed by atoms with Gasteiger partial charge in [0.05, 0.1) is 17.6 Å². The smallest absolute Gasteiger partial charge is 0.264 e. The molecule has 0 aliphatic heterocycles. The molecular weight excluding hydrogens is 316 g/mol. The largest absolute Gasteiger partial charge is 0.326 e. The molecule has 1 aromatic heterocycles. The van der Waals surface area contributed by atoms with Crippen LogP contribution in [0.25, 0.3) is 0 Å². The lowest BCUT2D eigenvalue weighted by atomic mass is 10.3. The van der Waals surface area contributed by atoms with Crippen molar-refractivity contribution in [1.29, 1.82) is 0 Å². The van der Waals surface area contributed by atoms with Gasteiger partial charge >= 0.3 is 0 Å². The van der Waals surface area contributed by atoms with E-state index in [0.29, 0.717) is 5.69 Å². The molecule has 23 heavy (non-hydrogen) atoms. The number of nitrogens with one attached hydrogen (secondary N) is 2. The van der Waals surface area contributed by atoms with E-state index in [9.17, 15) is 13.2 Å². The maximum absolute atomic E-state index is 12.4. The summed E-state index contributed by atoms with van der Waals surface area (Å²) in [5.41, 5.74) is 1.27. The van der Waals surface area contributed by atoms with Crippen molar-refractivity contribution in [2.75, 3.05) is 10.0 Å². The number of sulfonamides is 1. The average molecular weight is 332 g/mol. The van der Waals surface area contributed by atoms with Crippen molar-refractivity contribution < 1.29 is 13.2 Å². The monoisotopic (exact) mass is 332 g/mol. The third kappa shape index (κ3) is 3.90. The summed E-state index contributed by atoms with van der Waals surface area (Å²) in [6.07, 6.45) is 6.82. The van der Waals surface area contributed by atoms with Gasteiger partial charge < -0.3 is 9.88 Å². The van der Waals surface area contributed by atoms with Crippen LogP contribution in [0.15, 0.2) is 35.4 Å². The first-order valence-corrected chi connectivity index (χ1v) is 8.18. The van der Waals surface area contributed by atoms with E-state index in [0.717, 1.165) is 5.69 Å². The minimum Gasteiger partial charge on any atom is -0.326 e. The van der Waals surface area contributed by atoms with Crippen LogP contribution < -0.4 is 10.0 Å². The van der Waals surface area contributed by atoms with Crippen molar-refractivity contribution in [2.24, 2.45) is 0 Å². The second kappa shape index (κ2) is 6.54. The summed E-state index contributed by atoms with van der Waals surface area (Å²) in [6, 6.07) is 5.81. The van der Waals surface area contributed by atoms with Gasteiger partial charge in [0.15, 0.2) is 0 Å². The molecule has 0 saturated carbocycles. The molecule has 8 heteroatoms. The van der Waals surface area contributed by atoms with Crippen molar-refractivity contribution in [1.82, 2.24) is 9.55 Å². The number of carbonyl (C=O) groups excluding carboxylic acids is 1. The fourth-order valence-electron chi connectivity index (χ4n) is 1.93. The maximum Gasteiger partial charge on any atom is 0.264 e. The van der Waals surface area contributed by atoms with Crippen LogP contribution in [0.5, 0.6) is 0 Å². The lowest BCUT2D eigenvalue weighted by molar-refractivity contribution is -0.114. The normalized spacial score (nSPS) is 10.8. The molecule has 0 bridgehead atoms. The minimum atomic E-state index is -3.80. The van der Waals surface area contributed by atoms with Gasteiger partial charge in [0.25, 0.3) is 10.0 Å². The molecule has 2 rings (SSSR count). The van der Waals surface area contributed by atoms with Crippen molar-refractivity contribution in [3.05, 3.63) is 36.2 Å². The van der Waals surface area contributed by atoms with Gasteiger partial charge in [-0.05, 0) is 31.2 Å². The number of aromatic nitrogens is 2. The van der Waals surface area contributed by atoms with Crippen LogP contribution in [-0.4, -0.2) is 23.9 Å². The third-order valence-corrected chi connectivity index (χ3v) is 4.36. The molecule has 0 radical (unpaired) electrons. The predicted molar refractivity (Wildman–Crippen MR) is 87.4 cm³/mol. The van der Waals surface area contributed by atoms with Gasteiger partial charge in [0.1, 0.15) is 0 Å². The van der Waals surface area contributed by atoms with Crippen LogP contribution in [0.2, 0.25) is 0 Å². The Kier molecular flexibility index (Phi) is 4.71. The van der Waals surface area contributed by atoms with Gasteiger partial charge in [-0.2, -0.15) is 0 Å². The van der Waals surface area contributed by atoms with E-state index in [2.05, 4.69) is 20.9 Å². The number of rotatable bonds is 5. The molecule has 0 aliphatic rings. The Hall–Kier alpha value is -2.79. The molecule has 1 heterocycles. The fourth-order valence-corrected chi connectivity index (χ4v) is 2.95. The highest BCUT2D eigenvalue weighted by atomic mass is 32.2. The van der Waals surface area contributed by atoms with Gasteiger partial charge in [-0.25, -0.2) is 18.1 Å². The van der Waals surface area contributed by atoms with Crippen LogP contribution >= 0.6 is 0 Å². The molecule has 0 aliphatic carbocycles. The number of terminal acetylenes is 1. The van der Waals surface area contributed by atoms with Crippen LogP contribution in [0, 0.1) is 19.3 Å². The zero-order chi connectivity index (χ0) is 17.0. The highest BCUT2D eigenvalue weighted by Crippen LogP contribution is 2.18. The fraction of sp³-hybridized carbons (Fsp3) is 0.200. The molecule has 120 valence electrons. The second-order valence-corrected chi connectivity index (χ2v) is 6.51. The second-order valence-electron chi connectivity index (χ2n) is 4.82. The summed E-state index contributed by atoms with van der Waals surface area (Å²) < 4.78 is 28.8. The van der Waals surface area contributed by atoms with Crippen molar-refractivity contribution in [3.63, 3.8) is 0 Å².